The number of hydrogen-bond acceptors (Lipinski definition) is 4. The van der Waals surface area contributed by atoms with Gasteiger partial charge in [-0.25, -0.2) is 0 Å². The van der Waals surface area contributed by atoms with Gasteiger partial charge in [0, 0.05) is 25.6 Å². The molecule has 0 unspecified atom stereocenters. The number of amides is 1. The second-order valence-electron chi connectivity index (χ2n) is 3.63. The number of fused-ring (bicyclic) bond motifs is 1. The normalized spacial score (nSPS) is 13.8. The Morgan fingerprint density at radius 3 is 2.53 bits per heavy atom. The van der Waals surface area contributed by atoms with Gasteiger partial charge in [0.15, 0.2) is 11.5 Å². The van der Waals surface area contributed by atoms with Gasteiger partial charge < -0.3 is 19.5 Å². The van der Waals surface area contributed by atoms with E-state index in [4.69, 9.17) is 14.2 Å². The van der Waals surface area contributed by atoms with Gasteiger partial charge in [-0.15, -0.1) is 0 Å². The van der Waals surface area contributed by atoms with Crippen LogP contribution in [0.4, 0.5) is 0 Å². The molecule has 92 valence electrons. The summed E-state index contributed by atoms with van der Waals surface area (Å²) in [6, 6.07) is 3.34. The molecule has 0 aromatic heterocycles. The molecule has 0 atom stereocenters. The van der Waals surface area contributed by atoms with Crippen LogP contribution in [0.2, 0.25) is 0 Å². The van der Waals surface area contributed by atoms with Crippen LogP contribution in [-0.4, -0.2) is 33.3 Å². The van der Waals surface area contributed by atoms with Crippen LogP contribution in [0.1, 0.15) is 16.8 Å². The number of carbonyl (C=O) groups excluding carboxylic acids is 1. The van der Waals surface area contributed by atoms with Crippen molar-refractivity contribution < 1.29 is 19.0 Å². The second kappa shape index (κ2) is 4.95. The van der Waals surface area contributed by atoms with E-state index in [-0.39, 0.29) is 5.91 Å². The van der Waals surface area contributed by atoms with Crippen LogP contribution in [0, 0.1) is 0 Å². The average Bonchev–Trinajstić information content (AvgIpc) is 2.60. The summed E-state index contributed by atoms with van der Waals surface area (Å²) in [6.07, 6.45) is 0.826. The molecule has 0 fully saturated rings. The van der Waals surface area contributed by atoms with Gasteiger partial charge in [-0.2, -0.15) is 0 Å². The molecule has 0 saturated heterocycles. The van der Waals surface area contributed by atoms with Crippen LogP contribution in [0.15, 0.2) is 12.1 Å². The maximum atomic E-state index is 11.7. The van der Waals surface area contributed by atoms with Gasteiger partial charge in [0.2, 0.25) is 0 Å². The zero-order chi connectivity index (χ0) is 12.3. The molecular weight excluding hydrogens is 222 g/mol. The molecule has 0 saturated carbocycles. The van der Waals surface area contributed by atoms with Crippen molar-refractivity contribution in [3.63, 3.8) is 0 Å². The van der Waals surface area contributed by atoms with Crippen LogP contribution in [0.5, 0.6) is 17.2 Å². The van der Waals surface area contributed by atoms with E-state index in [1.165, 1.54) is 7.11 Å². The van der Waals surface area contributed by atoms with Crippen LogP contribution >= 0.6 is 0 Å². The number of rotatable bonds is 2. The minimum absolute atomic E-state index is 0.211. The summed E-state index contributed by atoms with van der Waals surface area (Å²) < 4.78 is 16.2. The lowest BCUT2D eigenvalue weighted by molar-refractivity contribution is 0.0959. The summed E-state index contributed by atoms with van der Waals surface area (Å²) in [6.45, 7) is 1.20. The van der Waals surface area contributed by atoms with Gasteiger partial charge in [0.25, 0.3) is 5.91 Å². The third-order valence-corrected chi connectivity index (χ3v) is 2.54. The molecule has 0 bridgehead atoms. The van der Waals surface area contributed by atoms with Gasteiger partial charge >= 0.3 is 0 Å². The molecule has 1 N–H and O–H groups in total. The number of ether oxygens (including phenoxy) is 3. The Labute approximate surface area is 99.7 Å². The van der Waals surface area contributed by atoms with Crippen molar-refractivity contribution in [2.24, 2.45) is 0 Å². The number of methoxy groups -OCH3 is 1. The highest BCUT2D eigenvalue weighted by Gasteiger charge is 2.18. The lowest BCUT2D eigenvalue weighted by atomic mass is 10.1. The fourth-order valence-corrected chi connectivity index (χ4v) is 1.67. The first-order chi connectivity index (χ1) is 8.26. The lowest BCUT2D eigenvalue weighted by Gasteiger charge is -2.12. The zero-order valence-electron chi connectivity index (χ0n) is 9.91. The van der Waals surface area contributed by atoms with Gasteiger partial charge in [0.05, 0.1) is 25.9 Å². The molecular formula is C12H15NO4. The SMILES string of the molecule is CNC(=O)c1cc2c(cc1OC)OCCCO2. The molecule has 2 rings (SSSR count). The molecule has 1 amide bonds. The minimum atomic E-state index is -0.211. The maximum absolute atomic E-state index is 11.7. The molecule has 1 aliphatic heterocycles. The number of nitrogens with one attached hydrogen (secondary N) is 1. The third kappa shape index (κ3) is 2.27. The van der Waals surface area contributed by atoms with E-state index in [2.05, 4.69) is 5.32 Å². The Hall–Kier alpha value is -1.91. The molecule has 5 heteroatoms. The Morgan fingerprint density at radius 2 is 1.94 bits per heavy atom. The van der Waals surface area contributed by atoms with Crippen molar-refractivity contribution in [2.75, 3.05) is 27.4 Å². The standard InChI is InChI=1S/C12H15NO4/c1-13-12(14)8-6-10-11(7-9(8)15-2)17-5-3-4-16-10/h6-7H,3-5H2,1-2H3,(H,13,14). The van der Waals surface area contributed by atoms with E-state index >= 15 is 0 Å². The van der Waals surface area contributed by atoms with Crippen LogP contribution in [0.25, 0.3) is 0 Å². The van der Waals surface area contributed by atoms with Crippen LogP contribution in [-0.2, 0) is 0 Å². The topological polar surface area (TPSA) is 56.8 Å². The van der Waals surface area contributed by atoms with Crippen molar-refractivity contribution >= 4 is 5.91 Å². The first-order valence-electron chi connectivity index (χ1n) is 5.46. The Bertz CT molecular complexity index is 431. The average molecular weight is 237 g/mol. The van der Waals surface area contributed by atoms with Crippen molar-refractivity contribution in [2.45, 2.75) is 6.42 Å². The fraction of sp³-hybridized carbons (Fsp3) is 0.417. The number of benzene rings is 1. The molecule has 1 aromatic carbocycles. The molecule has 0 radical (unpaired) electrons. The molecule has 1 aromatic rings. The first kappa shape index (κ1) is 11.6. The second-order valence-corrected chi connectivity index (χ2v) is 3.63. The highest BCUT2D eigenvalue weighted by atomic mass is 16.5. The van der Waals surface area contributed by atoms with E-state index in [0.717, 1.165) is 6.42 Å². The van der Waals surface area contributed by atoms with Gasteiger partial charge in [-0.3, -0.25) is 4.79 Å². The largest absolute Gasteiger partial charge is 0.496 e. The Morgan fingerprint density at radius 1 is 1.29 bits per heavy atom. The molecule has 17 heavy (non-hydrogen) atoms. The first-order valence-corrected chi connectivity index (χ1v) is 5.46. The summed E-state index contributed by atoms with van der Waals surface area (Å²) in [5.41, 5.74) is 0.444. The quantitative estimate of drug-likeness (QED) is 0.840. The van der Waals surface area contributed by atoms with Crippen molar-refractivity contribution in [1.29, 1.82) is 0 Å². The smallest absolute Gasteiger partial charge is 0.254 e. The van der Waals surface area contributed by atoms with Crippen molar-refractivity contribution in [1.82, 2.24) is 5.32 Å². The van der Waals surface area contributed by atoms with Gasteiger partial charge in [-0.05, 0) is 0 Å². The van der Waals surface area contributed by atoms with Crippen molar-refractivity contribution in [3.05, 3.63) is 17.7 Å². The maximum Gasteiger partial charge on any atom is 0.254 e. The Balaban J connectivity index is 2.45. The highest BCUT2D eigenvalue weighted by Crippen LogP contribution is 2.36. The summed E-state index contributed by atoms with van der Waals surface area (Å²) in [5.74, 6) is 1.47. The van der Waals surface area contributed by atoms with Gasteiger partial charge in [-0.1, -0.05) is 0 Å². The van der Waals surface area contributed by atoms with Gasteiger partial charge in [0.1, 0.15) is 5.75 Å². The molecule has 0 spiro atoms. The molecule has 1 aliphatic rings. The summed E-state index contributed by atoms with van der Waals surface area (Å²) >= 11 is 0. The number of carbonyl (C=O) groups is 1. The fourth-order valence-electron chi connectivity index (χ4n) is 1.67. The van der Waals surface area contributed by atoms with Crippen LogP contribution < -0.4 is 19.5 Å². The summed E-state index contributed by atoms with van der Waals surface area (Å²) in [5, 5.41) is 2.56. The molecule has 0 aliphatic carbocycles. The predicted octanol–water partition coefficient (Wildman–Crippen LogP) is 1.22. The molecule has 1 heterocycles. The Kier molecular flexibility index (Phi) is 3.37. The van der Waals surface area contributed by atoms with Crippen molar-refractivity contribution in [3.8, 4) is 17.2 Å². The third-order valence-electron chi connectivity index (χ3n) is 2.54. The van der Waals surface area contributed by atoms with E-state index in [1.54, 1.807) is 19.2 Å². The van der Waals surface area contributed by atoms with E-state index in [1.807, 2.05) is 0 Å². The summed E-state index contributed by atoms with van der Waals surface area (Å²) in [7, 11) is 3.09. The van der Waals surface area contributed by atoms with Crippen LogP contribution in [0.3, 0.4) is 0 Å². The molecule has 5 nitrogen and oxygen atoms in total. The predicted molar refractivity (Wildman–Crippen MR) is 62.0 cm³/mol. The highest BCUT2D eigenvalue weighted by molar-refractivity contribution is 5.97. The monoisotopic (exact) mass is 237 g/mol. The van der Waals surface area contributed by atoms with E-state index in [0.29, 0.717) is 36.0 Å². The minimum Gasteiger partial charge on any atom is -0.496 e. The van der Waals surface area contributed by atoms with E-state index in [9.17, 15) is 4.79 Å². The number of hydrogen-bond donors (Lipinski definition) is 1. The lowest BCUT2D eigenvalue weighted by Crippen LogP contribution is -2.18. The zero-order valence-corrected chi connectivity index (χ0v) is 9.91. The summed E-state index contributed by atoms with van der Waals surface area (Å²) in [4.78, 5) is 11.7. The van der Waals surface area contributed by atoms with E-state index < -0.39 is 0 Å².